The SMILES string of the molecule is CN1CCN(c2ccc(Nc3ncc4c(=O)n(-c5c(Cl)cccc5Cl)nc(-c5ccc(N6CCCC6=O)cc5)c4n3)cc2)CC1. The number of hydrogen-bond donors (Lipinski definition) is 1. The fourth-order valence-electron chi connectivity index (χ4n) is 5.79. The number of amides is 1. The number of rotatable bonds is 6. The van der Waals surface area contributed by atoms with Crippen molar-refractivity contribution in [2.45, 2.75) is 12.8 Å². The highest BCUT2D eigenvalue weighted by Crippen LogP contribution is 2.32. The Morgan fingerprint density at radius 2 is 1.51 bits per heavy atom. The number of nitrogens with one attached hydrogen (secondary N) is 1. The van der Waals surface area contributed by atoms with Crippen LogP contribution in [0.4, 0.5) is 23.0 Å². The molecule has 228 valence electrons. The van der Waals surface area contributed by atoms with Crippen molar-refractivity contribution >= 4 is 63.0 Å². The smallest absolute Gasteiger partial charge is 0.282 e. The van der Waals surface area contributed by atoms with Gasteiger partial charge in [-0.1, -0.05) is 41.4 Å². The van der Waals surface area contributed by atoms with Crippen molar-refractivity contribution in [1.29, 1.82) is 0 Å². The standard InChI is InChI=1S/C33H30Cl2N8O2/c1-40-16-18-41(19-17-40)23-13-9-22(10-14-23)37-33-36-20-25-30(38-33)29(21-7-11-24(12-8-21)42-15-3-6-28(42)44)39-43(32(25)45)31-26(34)4-2-5-27(31)35/h2,4-5,7-14,20H,3,6,15-19H2,1H3,(H,36,37,38). The first kappa shape index (κ1) is 29.2. The Morgan fingerprint density at radius 1 is 0.822 bits per heavy atom. The minimum absolute atomic E-state index is 0.105. The highest BCUT2D eigenvalue weighted by atomic mass is 35.5. The van der Waals surface area contributed by atoms with Crippen LogP contribution in [-0.2, 0) is 4.79 Å². The van der Waals surface area contributed by atoms with Crippen molar-refractivity contribution in [2.75, 3.05) is 54.9 Å². The molecule has 45 heavy (non-hydrogen) atoms. The lowest BCUT2D eigenvalue weighted by atomic mass is 10.1. The van der Waals surface area contributed by atoms with Gasteiger partial charge in [-0.3, -0.25) is 9.59 Å². The van der Waals surface area contributed by atoms with Crippen LogP contribution in [0.1, 0.15) is 12.8 Å². The molecule has 0 bridgehead atoms. The van der Waals surface area contributed by atoms with Gasteiger partial charge in [0, 0.05) is 68.0 Å². The Bertz CT molecular complexity index is 1940. The topological polar surface area (TPSA) is 99.5 Å². The molecule has 5 aromatic rings. The highest BCUT2D eigenvalue weighted by Gasteiger charge is 2.23. The molecule has 3 aromatic carbocycles. The summed E-state index contributed by atoms with van der Waals surface area (Å²) < 4.78 is 1.20. The van der Waals surface area contributed by atoms with Crippen LogP contribution in [0.15, 0.2) is 77.7 Å². The molecule has 0 unspecified atom stereocenters. The molecule has 4 heterocycles. The molecule has 0 radical (unpaired) electrons. The first-order valence-corrected chi connectivity index (χ1v) is 15.6. The Hall–Kier alpha value is -4.51. The van der Waals surface area contributed by atoms with E-state index in [2.05, 4.69) is 39.3 Å². The van der Waals surface area contributed by atoms with Crippen LogP contribution in [0.25, 0.3) is 27.8 Å². The summed E-state index contributed by atoms with van der Waals surface area (Å²) in [5.74, 6) is 0.429. The van der Waals surface area contributed by atoms with E-state index in [1.165, 1.54) is 10.9 Å². The maximum Gasteiger partial charge on any atom is 0.282 e. The Balaban J connectivity index is 1.28. The van der Waals surface area contributed by atoms with Gasteiger partial charge in [0.25, 0.3) is 5.56 Å². The van der Waals surface area contributed by atoms with Gasteiger partial charge in [0.1, 0.15) is 16.9 Å². The molecule has 1 N–H and O–H groups in total. The summed E-state index contributed by atoms with van der Waals surface area (Å²) in [6, 6.07) is 20.7. The van der Waals surface area contributed by atoms with Crippen LogP contribution in [0.2, 0.25) is 10.0 Å². The van der Waals surface area contributed by atoms with E-state index in [9.17, 15) is 9.59 Å². The monoisotopic (exact) mass is 640 g/mol. The molecule has 1 amide bonds. The van der Waals surface area contributed by atoms with Gasteiger partial charge < -0.3 is 20.0 Å². The number of halogens is 2. The molecule has 2 aliphatic rings. The number of piperazine rings is 1. The average Bonchev–Trinajstić information content (AvgIpc) is 3.48. The molecular formula is C33H30Cl2N8O2. The number of carbonyl (C=O) groups excluding carboxylic acids is 1. The maximum absolute atomic E-state index is 13.8. The Morgan fingerprint density at radius 3 is 2.18 bits per heavy atom. The Kier molecular flexibility index (Phi) is 7.87. The Labute approximate surface area is 269 Å². The number of anilines is 4. The first-order valence-electron chi connectivity index (χ1n) is 14.8. The second-order valence-corrected chi connectivity index (χ2v) is 12.1. The lowest BCUT2D eigenvalue weighted by molar-refractivity contribution is -0.117. The third kappa shape index (κ3) is 5.72. The van der Waals surface area contributed by atoms with Gasteiger partial charge in [0.15, 0.2) is 0 Å². The van der Waals surface area contributed by atoms with Crippen LogP contribution in [0, 0.1) is 0 Å². The van der Waals surface area contributed by atoms with Crippen LogP contribution >= 0.6 is 23.2 Å². The second kappa shape index (κ2) is 12.1. The van der Waals surface area contributed by atoms with Crippen molar-refractivity contribution in [1.82, 2.24) is 24.6 Å². The van der Waals surface area contributed by atoms with Gasteiger partial charge in [-0.15, -0.1) is 0 Å². The van der Waals surface area contributed by atoms with Crippen LogP contribution in [0.3, 0.4) is 0 Å². The normalized spacial score (nSPS) is 15.7. The van der Waals surface area contributed by atoms with E-state index in [-0.39, 0.29) is 27.0 Å². The van der Waals surface area contributed by atoms with Gasteiger partial charge >= 0.3 is 0 Å². The zero-order valence-corrected chi connectivity index (χ0v) is 26.1. The minimum Gasteiger partial charge on any atom is -0.369 e. The van der Waals surface area contributed by atoms with E-state index in [0.29, 0.717) is 35.7 Å². The highest BCUT2D eigenvalue weighted by molar-refractivity contribution is 6.37. The molecule has 2 aromatic heterocycles. The van der Waals surface area contributed by atoms with E-state index in [0.717, 1.165) is 49.7 Å². The lowest BCUT2D eigenvalue weighted by Crippen LogP contribution is -2.44. The fraction of sp³-hybridized carbons (Fsp3) is 0.242. The molecule has 10 nitrogen and oxygen atoms in total. The van der Waals surface area contributed by atoms with Gasteiger partial charge in [0.2, 0.25) is 11.9 Å². The first-order chi connectivity index (χ1) is 21.9. The summed E-state index contributed by atoms with van der Waals surface area (Å²) in [4.78, 5) is 41.9. The summed E-state index contributed by atoms with van der Waals surface area (Å²) in [6.45, 7) is 4.72. The summed E-state index contributed by atoms with van der Waals surface area (Å²) in [5, 5.41) is 8.84. The third-order valence-electron chi connectivity index (χ3n) is 8.30. The predicted octanol–water partition coefficient (Wildman–Crippen LogP) is 5.77. The van der Waals surface area contributed by atoms with E-state index in [1.807, 2.05) is 36.4 Å². The van der Waals surface area contributed by atoms with E-state index < -0.39 is 5.56 Å². The van der Waals surface area contributed by atoms with Gasteiger partial charge in [0.05, 0.1) is 15.4 Å². The van der Waals surface area contributed by atoms with Crippen molar-refractivity contribution in [2.24, 2.45) is 0 Å². The largest absolute Gasteiger partial charge is 0.369 e. The number of hydrogen-bond acceptors (Lipinski definition) is 8. The van der Waals surface area contributed by atoms with Crippen LogP contribution in [0.5, 0.6) is 0 Å². The predicted molar refractivity (Wildman–Crippen MR) is 179 cm³/mol. The summed E-state index contributed by atoms with van der Waals surface area (Å²) in [5.41, 5.74) is 4.13. The van der Waals surface area contributed by atoms with Gasteiger partial charge in [-0.2, -0.15) is 9.78 Å². The molecule has 7 rings (SSSR count). The number of likely N-dealkylation sites (N-methyl/N-ethyl adjacent to an activating group) is 1. The van der Waals surface area contributed by atoms with Crippen molar-refractivity contribution in [3.05, 3.63) is 93.3 Å². The van der Waals surface area contributed by atoms with Crippen molar-refractivity contribution < 1.29 is 4.79 Å². The van der Waals surface area contributed by atoms with E-state index >= 15 is 0 Å². The number of fused-ring (bicyclic) bond motifs is 1. The molecule has 2 aliphatic heterocycles. The number of para-hydroxylation sites is 1. The van der Waals surface area contributed by atoms with Crippen LogP contribution < -0.4 is 20.7 Å². The number of carbonyl (C=O) groups is 1. The van der Waals surface area contributed by atoms with Crippen LogP contribution in [-0.4, -0.2) is 70.3 Å². The molecule has 12 heteroatoms. The van der Waals surface area contributed by atoms with Crippen molar-refractivity contribution in [3.63, 3.8) is 0 Å². The van der Waals surface area contributed by atoms with Crippen molar-refractivity contribution in [3.8, 4) is 16.9 Å². The molecule has 2 saturated heterocycles. The molecule has 0 saturated carbocycles. The molecular weight excluding hydrogens is 611 g/mol. The molecule has 0 spiro atoms. The van der Waals surface area contributed by atoms with E-state index in [4.69, 9.17) is 33.3 Å². The van der Waals surface area contributed by atoms with Gasteiger partial charge in [-0.05, 0) is 62.0 Å². The minimum atomic E-state index is -0.453. The van der Waals surface area contributed by atoms with Gasteiger partial charge in [-0.25, -0.2) is 9.97 Å². The summed E-state index contributed by atoms with van der Waals surface area (Å²) in [7, 11) is 2.14. The summed E-state index contributed by atoms with van der Waals surface area (Å²) >= 11 is 13.0. The second-order valence-electron chi connectivity index (χ2n) is 11.2. The zero-order valence-electron chi connectivity index (χ0n) is 24.6. The molecule has 0 atom stereocenters. The average molecular weight is 642 g/mol. The molecule has 2 fully saturated rings. The molecule has 0 aliphatic carbocycles. The lowest BCUT2D eigenvalue weighted by Gasteiger charge is -2.34. The number of nitrogens with zero attached hydrogens (tertiary/aromatic N) is 7. The summed E-state index contributed by atoms with van der Waals surface area (Å²) in [6.07, 6.45) is 2.87. The number of benzene rings is 3. The number of aromatic nitrogens is 4. The fourth-order valence-corrected chi connectivity index (χ4v) is 6.35. The maximum atomic E-state index is 13.8. The van der Waals surface area contributed by atoms with E-state index in [1.54, 1.807) is 23.1 Å². The zero-order chi connectivity index (χ0) is 31.1. The third-order valence-corrected chi connectivity index (χ3v) is 8.91. The quantitative estimate of drug-likeness (QED) is 0.250.